The number of hydrogen-bond acceptors (Lipinski definition) is 6. The van der Waals surface area contributed by atoms with Crippen LogP contribution in [0.5, 0.6) is 5.75 Å². The highest BCUT2D eigenvalue weighted by Gasteiger charge is 2.40. The van der Waals surface area contributed by atoms with Gasteiger partial charge in [0, 0.05) is 0 Å². The van der Waals surface area contributed by atoms with Crippen LogP contribution in [0.3, 0.4) is 0 Å². The second kappa shape index (κ2) is 8.38. The highest BCUT2D eigenvalue weighted by atomic mass is 32.1. The average molecular weight is 402 g/mol. The van der Waals surface area contributed by atoms with Crippen LogP contribution in [0, 0.1) is 13.8 Å². The maximum Gasteiger partial charge on any atom is 0.435 e. The molecule has 0 saturated heterocycles. The van der Waals surface area contributed by atoms with Gasteiger partial charge in [0.1, 0.15) is 10.6 Å². The van der Waals surface area contributed by atoms with Gasteiger partial charge in [0.2, 0.25) is 0 Å². The molecule has 0 spiro atoms. The lowest BCUT2D eigenvalue weighted by Gasteiger charge is -2.10. The van der Waals surface area contributed by atoms with E-state index in [1.54, 1.807) is 12.1 Å². The van der Waals surface area contributed by atoms with Gasteiger partial charge in [-0.1, -0.05) is 23.5 Å². The van der Waals surface area contributed by atoms with E-state index in [1.807, 2.05) is 19.9 Å². The number of halogens is 3. The number of benzene rings is 1. The molecule has 10 heteroatoms. The predicted octanol–water partition coefficient (Wildman–Crippen LogP) is 3.97. The number of esters is 1. The van der Waals surface area contributed by atoms with Crippen molar-refractivity contribution in [1.82, 2.24) is 4.98 Å². The van der Waals surface area contributed by atoms with Gasteiger partial charge >= 0.3 is 12.1 Å². The van der Waals surface area contributed by atoms with Crippen molar-refractivity contribution in [3.05, 3.63) is 39.9 Å². The normalized spacial score (nSPS) is 11.2. The molecular formula is C17H17F3N2O4S. The number of aryl methyl sites for hydroxylation is 1. The fourth-order valence-electron chi connectivity index (χ4n) is 2.08. The van der Waals surface area contributed by atoms with Crippen LogP contribution in [-0.2, 0) is 15.7 Å². The van der Waals surface area contributed by atoms with E-state index >= 15 is 0 Å². The van der Waals surface area contributed by atoms with Crippen molar-refractivity contribution in [1.29, 1.82) is 0 Å². The molecule has 0 bridgehead atoms. The summed E-state index contributed by atoms with van der Waals surface area (Å²) in [5, 5.41) is 1.85. The molecule has 0 aliphatic rings. The first-order valence-corrected chi connectivity index (χ1v) is 8.69. The number of nitrogens with zero attached hydrogens (tertiary/aromatic N) is 1. The number of hydrogen-bond donors (Lipinski definition) is 1. The summed E-state index contributed by atoms with van der Waals surface area (Å²) in [6.07, 6.45) is -4.85. The Balaban J connectivity index is 2.11. The summed E-state index contributed by atoms with van der Waals surface area (Å²) >= 11 is 0.397. The van der Waals surface area contributed by atoms with E-state index < -0.39 is 35.2 Å². The number of carbonyl (C=O) groups is 2. The van der Waals surface area contributed by atoms with E-state index in [9.17, 15) is 22.8 Å². The molecule has 1 heterocycles. The van der Waals surface area contributed by atoms with Gasteiger partial charge in [-0.15, -0.1) is 0 Å². The summed E-state index contributed by atoms with van der Waals surface area (Å²) in [4.78, 5) is 26.3. The Hall–Kier alpha value is -2.62. The zero-order chi connectivity index (χ0) is 20.2. The van der Waals surface area contributed by atoms with E-state index in [0.717, 1.165) is 11.1 Å². The monoisotopic (exact) mass is 402 g/mol. The minimum Gasteiger partial charge on any atom is -0.483 e. The van der Waals surface area contributed by atoms with E-state index in [0.29, 0.717) is 17.1 Å². The molecule has 1 N–H and O–H groups in total. The highest BCUT2D eigenvalue weighted by molar-refractivity contribution is 7.17. The van der Waals surface area contributed by atoms with Gasteiger partial charge in [0.15, 0.2) is 17.4 Å². The number of anilines is 1. The molecule has 1 amide bonds. The van der Waals surface area contributed by atoms with E-state index in [1.165, 1.54) is 6.92 Å². The standard InChI is InChI=1S/C17H17F3N2O4S/c1-4-25-15(24)13-14(17(18,19)20)22-16(27-13)21-12(23)8-26-11-7-5-6-9(2)10(11)3/h5-7H,4,8H2,1-3H3,(H,21,22,23). The first-order valence-electron chi connectivity index (χ1n) is 7.87. The van der Waals surface area contributed by atoms with Gasteiger partial charge in [-0.2, -0.15) is 13.2 Å². The summed E-state index contributed by atoms with van der Waals surface area (Å²) in [7, 11) is 0. The van der Waals surface area contributed by atoms with Crippen molar-refractivity contribution in [3.8, 4) is 5.75 Å². The zero-order valence-corrected chi connectivity index (χ0v) is 15.6. The van der Waals surface area contributed by atoms with Crippen molar-refractivity contribution in [2.24, 2.45) is 0 Å². The van der Waals surface area contributed by atoms with Crippen LogP contribution in [-0.4, -0.2) is 30.1 Å². The molecule has 0 fully saturated rings. The third kappa shape index (κ3) is 5.19. The molecular weight excluding hydrogens is 385 g/mol. The first kappa shape index (κ1) is 20.7. The molecule has 146 valence electrons. The van der Waals surface area contributed by atoms with Crippen LogP contribution in [0.1, 0.15) is 33.4 Å². The lowest BCUT2D eigenvalue weighted by atomic mass is 10.1. The fourth-order valence-corrected chi connectivity index (χ4v) is 2.98. The predicted molar refractivity (Wildman–Crippen MR) is 93.1 cm³/mol. The van der Waals surface area contributed by atoms with Crippen LogP contribution in [0.4, 0.5) is 18.3 Å². The number of ether oxygens (including phenoxy) is 2. The van der Waals surface area contributed by atoms with Gasteiger partial charge in [-0.25, -0.2) is 9.78 Å². The number of carbonyl (C=O) groups excluding carboxylic acids is 2. The maximum absolute atomic E-state index is 13.1. The van der Waals surface area contributed by atoms with Gasteiger partial charge < -0.3 is 9.47 Å². The second-order valence-electron chi connectivity index (χ2n) is 5.45. The highest BCUT2D eigenvalue weighted by Crippen LogP contribution is 2.36. The molecule has 0 saturated carbocycles. The van der Waals surface area contributed by atoms with Crippen molar-refractivity contribution in [2.45, 2.75) is 26.9 Å². The molecule has 0 aliphatic carbocycles. The quantitative estimate of drug-likeness (QED) is 0.740. The smallest absolute Gasteiger partial charge is 0.435 e. The number of nitrogens with one attached hydrogen (secondary N) is 1. The van der Waals surface area contributed by atoms with E-state index in [4.69, 9.17) is 4.74 Å². The van der Waals surface area contributed by atoms with E-state index in [2.05, 4.69) is 15.0 Å². The first-order chi connectivity index (χ1) is 12.6. The van der Waals surface area contributed by atoms with Gasteiger partial charge in [-0.3, -0.25) is 10.1 Å². The number of amides is 1. The molecule has 27 heavy (non-hydrogen) atoms. The zero-order valence-electron chi connectivity index (χ0n) is 14.8. The minimum absolute atomic E-state index is 0.0839. The summed E-state index contributed by atoms with van der Waals surface area (Å²) in [5.74, 6) is -1.35. The van der Waals surface area contributed by atoms with Crippen LogP contribution in [0.2, 0.25) is 0 Å². The lowest BCUT2D eigenvalue weighted by Crippen LogP contribution is -2.20. The third-order valence-corrected chi connectivity index (χ3v) is 4.47. The minimum atomic E-state index is -4.85. The molecule has 6 nitrogen and oxygen atoms in total. The topological polar surface area (TPSA) is 77.5 Å². The van der Waals surface area contributed by atoms with E-state index in [-0.39, 0.29) is 11.7 Å². The molecule has 2 rings (SSSR count). The summed E-state index contributed by atoms with van der Waals surface area (Å²) in [6, 6.07) is 5.32. The number of rotatable bonds is 6. The molecule has 1 aromatic carbocycles. The van der Waals surface area contributed by atoms with Gasteiger partial charge in [0.25, 0.3) is 5.91 Å². The third-order valence-electron chi connectivity index (χ3n) is 3.52. The SMILES string of the molecule is CCOC(=O)c1sc(NC(=O)COc2cccc(C)c2C)nc1C(F)(F)F. The summed E-state index contributed by atoms with van der Waals surface area (Å²) in [6.45, 7) is 4.68. The number of alkyl halides is 3. The average Bonchev–Trinajstić information content (AvgIpc) is 3.01. The fraction of sp³-hybridized carbons (Fsp3) is 0.353. The molecule has 0 unspecified atom stereocenters. The van der Waals surface area contributed by atoms with Crippen molar-refractivity contribution in [2.75, 3.05) is 18.5 Å². The Morgan fingerprint density at radius 3 is 2.59 bits per heavy atom. The number of thiazole rings is 1. The summed E-state index contributed by atoms with van der Waals surface area (Å²) < 4.78 is 49.1. The Morgan fingerprint density at radius 1 is 1.26 bits per heavy atom. The summed E-state index contributed by atoms with van der Waals surface area (Å²) in [5.41, 5.74) is 0.432. The Morgan fingerprint density at radius 2 is 1.96 bits per heavy atom. The van der Waals surface area contributed by atoms with Crippen molar-refractivity contribution < 1.29 is 32.2 Å². The molecule has 0 radical (unpaired) electrons. The number of aromatic nitrogens is 1. The van der Waals surface area contributed by atoms with Gasteiger partial charge in [0.05, 0.1) is 6.61 Å². The van der Waals surface area contributed by atoms with Crippen molar-refractivity contribution >= 4 is 28.3 Å². The van der Waals surface area contributed by atoms with Crippen LogP contribution in [0.25, 0.3) is 0 Å². The largest absolute Gasteiger partial charge is 0.483 e. The Kier molecular flexibility index (Phi) is 6.42. The lowest BCUT2D eigenvalue weighted by molar-refractivity contribution is -0.141. The molecule has 1 aromatic heterocycles. The van der Waals surface area contributed by atoms with Crippen LogP contribution < -0.4 is 10.1 Å². The van der Waals surface area contributed by atoms with Crippen LogP contribution >= 0.6 is 11.3 Å². The Bertz CT molecular complexity index is 849. The van der Waals surface area contributed by atoms with Crippen molar-refractivity contribution in [3.63, 3.8) is 0 Å². The molecule has 2 aromatic rings. The molecule has 0 atom stereocenters. The second-order valence-corrected chi connectivity index (χ2v) is 6.45. The van der Waals surface area contributed by atoms with Gasteiger partial charge in [-0.05, 0) is 38.0 Å². The molecule has 0 aliphatic heterocycles. The maximum atomic E-state index is 13.1. The van der Waals surface area contributed by atoms with Crippen LogP contribution in [0.15, 0.2) is 18.2 Å². The Labute approximate surface area is 157 Å².